The molecule has 0 aliphatic heterocycles. The molecule has 1 aromatic heterocycles. The van der Waals surface area contributed by atoms with Crippen LogP contribution < -0.4 is 14.8 Å². The first-order valence-corrected chi connectivity index (χ1v) is 6.81. The minimum atomic E-state index is 0.00618. The van der Waals surface area contributed by atoms with Gasteiger partial charge in [0.1, 0.15) is 6.54 Å². The zero-order valence-corrected chi connectivity index (χ0v) is 12.3. The molecule has 0 fully saturated rings. The van der Waals surface area contributed by atoms with Gasteiger partial charge in [0.25, 0.3) is 0 Å². The average molecular weight is 288 g/mol. The van der Waals surface area contributed by atoms with Crippen molar-refractivity contribution in [3.63, 3.8) is 0 Å². The second-order valence-electron chi connectivity index (χ2n) is 4.64. The number of hydrogen-bond donors (Lipinski definition) is 1. The molecular formula is C16H20N2O3. The molecule has 5 heteroatoms. The van der Waals surface area contributed by atoms with E-state index in [0.717, 1.165) is 12.0 Å². The number of rotatable bonds is 7. The van der Waals surface area contributed by atoms with Gasteiger partial charge in [0.05, 0.1) is 14.2 Å². The number of aromatic nitrogens is 1. The van der Waals surface area contributed by atoms with Gasteiger partial charge >= 0.3 is 0 Å². The Balaban J connectivity index is 1.81. The molecular weight excluding hydrogens is 268 g/mol. The first kappa shape index (κ1) is 15.0. The van der Waals surface area contributed by atoms with Gasteiger partial charge in [-0.1, -0.05) is 6.07 Å². The Hall–Kier alpha value is -2.43. The lowest BCUT2D eigenvalue weighted by atomic mass is 10.1. The summed E-state index contributed by atoms with van der Waals surface area (Å²) < 4.78 is 12.3. The summed E-state index contributed by atoms with van der Waals surface area (Å²) in [4.78, 5) is 11.7. The lowest BCUT2D eigenvalue weighted by molar-refractivity contribution is -0.121. The van der Waals surface area contributed by atoms with Gasteiger partial charge in [0.2, 0.25) is 5.91 Å². The molecule has 0 bridgehead atoms. The summed E-state index contributed by atoms with van der Waals surface area (Å²) in [6.07, 6.45) is 4.49. The molecule has 1 aromatic carbocycles. The number of ether oxygens (including phenoxy) is 2. The fraction of sp³-hybridized carbons (Fsp3) is 0.312. The number of benzene rings is 1. The standard InChI is InChI=1S/C16H20N2O3/c1-20-14-6-5-13(11-15(14)21-2)7-8-17-16(19)12-18-9-3-4-10-18/h3-6,9-11H,7-8,12H2,1-2H3,(H,17,19). The highest BCUT2D eigenvalue weighted by Gasteiger charge is 2.05. The summed E-state index contributed by atoms with van der Waals surface area (Å²) >= 11 is 0. The lowest BCUT2D eigenvalue weighted by Gasteiger charge is -2.10. The molecule has 0 spiro atoms. The highest BCUT2D eigenvalue weighted by Crippen LogP contribution is 2.27. The van der Waals surface area contributed by atoms with Crippen LogP contribution in [0.3, 0.4) is 0 Å². The minimum absolute atomic E-state index is 0.00618. The minimum Gasteiger partial charge on any atom is -0.493 e. The monoisotopic (exact) mass is 288 g/mol. The van der Waals surface area contributed by atoms with Gasteiger partial charge in [-0.25, -0.2) is 0 Å². The fourth-order valence-electron chi connectivity index (χ4n) is 2.08. The summed E-state index contributed by atoms with van der Waals surface area (Å²) in [6.45, 7) is 0.939. The van der Waals surface area contributed by atoms with Crippen LogP contribution in [0.25, 0.3) is 0 Å². The molecule has 1 heterocycles. The van der Waals surface area contributed by atoms with Crippen LogP contribution in [0, 0.1) is 0 Å². The van der Waals surface area contributed by atoms with Crippen LogP contribution in [0.1, 0.15) is 5.56 Å². The third-order valence-electron chi connectivity index (χ3n) is 3.18. The van der Waals surface area contributed by atoms with Crippen LogP contribution in [0.2, 0.25) is 0 Å². The van der Waals surface area contributed by atoms with E-state index in [1.807, 2.05) is 47.3 Å². The van der Waals surface area contributed by atoms with Crippen LogP contribution in [0.15, 0.2) is 42.7 Å². The van der Waals surface area contributed by atoms with E-state index in [1.165, 1.54) is 0 Å². The highest BCUT2D eigenvalue weighted by atomic mass is 16.5. The van der Waals surface area contributed by atoms with Crippen LogP contribution in [-0.4, -0.2) is 31.2 Å². The molecule has 1 N–H and O–H groups in total. The van der Waals surface area contributed by atoms with Gasteiger partial charge in [0.15, 0.2) is 11.5 Å². The van der Waals surface area contributed by atoms with Crippen LogP contribution in [0.4, 0.5) is 0 Å². The van der Waals surface area contributed by atoms with Crippen LogP contribution >= 0.6 is 0 Å². The topological polar surface area (TPSA) is 52.5 Å². The lowest BCUT2D eigenvalue weighted by Crippen LogP contribution is -2.29. The van der Waals surface area contributed by atoms with E-state index in [1.54, 1.807) is 14.2 Å². The van der Waals surface area contributed by atoms with Gasteiger partial charge in [-0.05, 0) is 36.2 Å². The molecule has 112 valence electrons. The van der Waals surface area contributed by atoms with Crippen molar-refractivity contribution in [1.82, 2.24) is 9.88 Å². The predicted molar refractivity (Wildman–Crippen MR) is 80.7 cm³/mol. The number of amides is 1. The maximum atomic E-state index is 11.7. The summed E-state index contributed by atoms with van der Waals surface area (Å²) in [6, 6.07) is 9.57. The van der Waals surface area contributed by atoms with E-state index in [0.29, 0.717) is 24.6 Å². The van der Waals surface area contributed by atoms with Crippen molar-refractivity contribution in [3.05, 3.63) is 48.3 Å². The number of methoxy groups -OCH3 is 2. The van der Waals surface area contributed by atoms with Crippen molar-refractivity contribution in [1.29, 1.82) is 0 Å². The molecule has 0 radical (unpaired) electrons. The van der Waals surface area contributed by atoms with E-state index in [-0.39, 0.29) is 5.91 Å². The Morgan fingerprint density at radius 1 is 1.14 bits per heavy atom. The number of carbonyl (C=O) groups is 1. The zero-order chi connectivity index (χ0) is 15.1. The first-order valence-electron chi connectivity index (χ1n) is 6.81. The molecule has 1 amide bonds. The van der Waals surface area contributed by atoms with Crippen molar-refractivity contribution in [2.45, 2.75) is 13.0 Å². The number of carbonyl (C=O) groups excluding carboxylic acids is 1. The molecule has 0 unspecified atom stereocenters. The van der Waals surface area contributed by atoms with Gasteiger partial charge < -0.3 is 19.4 Å². The van der Waals surface area contributed by atoms with Crippen molar-refractivity contribution in [3.8, 4) is 11.5 Å². The van der Waals surface area contributed by atoms with Crippen molar-refractivity contribution < 1.29 is 14.3 Å². The predicted octanol–water partition coefficient (Wildman–Crippen LogP) is 1.86. The quantitative estimate of drug-likeness (QED) is 0.846. The molecule has 0 saturated heterocycles. The van der Waals surface area contributed by atoms with Gasteiger partial charge in [-0.15, -0.1) is 0 Å². The Morgan fingerprint density at radius 3 is 2.52 bits per heavy atom. The molecule has 0 aliphatic carbocycles. The molecule has 21 heavy (non-hydrogen) atoms. The third-order valence-corrected chi connectivity index (χ3v) is 3.18. The normalized spacial score (nSPS) is 10.2. The van der Waals surface area contributed by atoms with Crippen molar-refractivity contribution in [2.24, 2.45) is 0 Å². The smallest absolute Gasteiger partial charge is 0.239 e. The average Bonchev–Trinajstić information content (AvgIpc) is 2.99. The molecule has 2 rings (SSSR count). The zero-order valence-electron chi connectivity index (χ0n) is 12.3. The Bertz CT molecular complexity index is 579. The van der Waals surface area contributed by atoms with Gasteiger partial charge in [0, 0.05) is 18.9 Å². The Kier molecular flexibility index (Phi) is 5.26. The van der Waals surface area contributed by atoms with Crippen molar-refractivity contribution in [2.75, 3.05) is 20.8 Å². The van der Waals surface area contributed by atoms with E-state index < -0.39 is 0 Å². The van der Waals surface area contributed by atoms with Crippen LogP contribution in [0.5, 0.6) is 11.5 Å². The largest absolute Gasteiger partial charge is 0.493 e. The SMILES string of the molecule is COc1ccc(CCNC(=O)Cn2cccc2)cc1OC. The maximum Gasteiger partial charge on any atom is 0.239 e. The molecule has 2 aromatic rings. The van der Waals surface area contributed by atoms with E-state index in [2.05, 4.69) is 5.32 Å². The van der Waals surface area contributed by atoms with Crippen LogP contribution in [-0.2, 0) is 17.8 Å². The van der Waals surface area contributed by atoms with E-state index >= 15 is 0 Å². The van der Waals surface area contributed by atoms with E-state index in [9.17, 15) is 4.79 Å². The summed E-state index contributed by atoms with van der Waals surface area (Å²) in [7, 11) is 3.22. The summed E-state index contributed by atoms with van der Waals surface area (Å²) in [5.41, 5.74) is 1.09. The van der Waals surface area contributed by atoms with Gasteiger partial charge in [-0.2, -0.15) is 0 Å². The molecule has 0 saturated carbocycles. The van der Waals surface area contributed by atoms with E-state index in [4.69, 9.17) is 9.47 Å². The summed E-state index contributed by atoms with van der Waals surface area (Å²) in [5.74, 6) is 1.42. The fourth-order valence-corrected chi connectivity index (χ4v) is 2.08. The van der Waals surface area contributed by atoms with Crippen molar-refractivity contribution >= 4 is 5.91 Å². The third kappa shape index (κ3) is 4.27. The Labute approximate surface area is 124 Å². The Morgan fingerprint density at radius 2 is 1.86 bits per heavy atom. The molecule has 0 atom stereocenters. The number of nitrogens with one attached hydrogen (secondary N) is 1. The summed E-state index contributed by atoms with van der Waals surface area (Å²) in [5, 5.41) is 2.90. The second kappa shape index (κ2) is 7.38. The molecule has 0 aliphatic rings. The number of hydrogen-bond acceptors (Lipinski definition) is 3. The number of nitrogens with zero attached hydrogens (tertiary/aromatic N) is 1. The highest BCUT2D eigenvalue weighted by molar-refractivity contribution is 5.75. The maximum absolute atomic E-state index is 11.7. The first-order chi connectivity index (χ1) is 10.2. The molecule has 5 nitrogen and oxygen atoms in total. The van der Waals surface area contributed by atoms with Gasteiger partial charge in [-0.3, -0.25) is 4.79 Å². The second-order valence-corrected chi connectivity index (χ2v) is 4.64.